The number of hydrogen-bond acceptors (Lipinski definition) is 9. The van der Waals surface area contributed by atoms with E-state index in [1.54, 1.807) is 23.4 Å². The molecule has 0 bridgehead atoms. The molecule has 2 aliphatic carbocycles. The van der Waals surface area contributed by atoms with E-state index in [2.05, 4.69) is 22.2 Å². The standard InChI is InChI=1S/C32H37Cl2N7O4S/c1-4-25(42)37-21-10-9-19(18-7-5-6-8-18)13-22(21)38-31-36-15-20-16-40(29-27(33)23(44-2)14-24(45-3)28(29)34)32(43)41(30(20)39-31)17-26-35-11-12-46-26/h4,11-12,14-15,18-19,21-22H,1,5-10,13,16-17H2,2-3H3,(H,37,42)(H,36,38,39)/t19?,21-,22+/m0/s1. The second-order valence-electron chi connectivity index (χ2n) is 11.9. The number of fused-ring (bicyclic) bond motifs is 1. The van der Waals surface area contributed by atoms with E-state index in [1.165, 1.54) is 62.2 Å². The van der Waals surface area contributed by atoms with Crippen LogP contribution in [0.25, 0.3) is 0 Å². The molecule has 1 aliphatic heterocycles. The fourth-order valence-electron chi connectivity index (χ4n) is 6.98. The second-order valence-corrected chi connectivity index (χ2v) is 13.6. The summed E-state index contributed by atoms with van der Waals surface area (Å²) in [5.74, 6) is 2.57. The topological polar surface area (TPSA) is 122 Å². The quantitative estimate of drug-likeness (QED) is 0.222. The largest absolute Gasteiger partial charge is 0.495 e. The molecule has 3 amide bonds. The van der Waals surface area contributed by atoms with Gasteiger partial charge in [0.25, 0.3) is 0 Å². The highest BCUT2D eigenvalue weighted by Gasteiger charge is 2.39. The van der Waals surface area contributed by atoms with Gasteiger partial charge in [0.15, 0.2) is 0 Å². The highest BCUT2D eigenvalue weighted by atomic mass is 35.5. The van der Waals surface area contributed by atoms with Gasteiger partial charge in [-0.25, -0.2) is 14.8 Å². The smallest absolute Gasteiger partial charge is 0.330 e. The molecule has 3 aliphatic rings. The number of aromatic nitrogens is 3. The Hall–Kier alpha value is -3.61. The molecule has 1 aromatic carbocycles. The minimum absolute atomic E-state index is 0.0774. The van der Waals surface area contributed by atoms with Crippen molar-refractivity contribution in [3.05, 3.63) is 57.1 Å². The van der Waals surface area contributed by atoms with Gasteiger partial charge in [0.1, 0.15) is 32.4 Å². The Morgan fingerprint density at radius 1 is 1.09 bits per heavy atom. The molecule has 244 valence electrons. The third-order valence-corrected chi connectivity index (χ3v) is 10.8. The molecule has 3 aromatic rings. The van der Waals surface area contributed by atoms with Crippen LogP contribution in [0.3, 0.4) is 0 Å². The predicted molar refractivity (Wildman–Crippen MR) is 180 cm³/mol. The maximum Gasteiger partial charge on any atom is 0.330 e. The van der Waals surface area contributed by atoms with Gasteiger partial charge in [-0.2, -0.15) is 4.98 Å². The van der Waals surface area contributed by atoms with Crippen LogP contribution < -0.4 is 29.9 Å². The van der Waals surface area contributed by atoms with E-state index in [9.17, 15) is 9.59 Å². The van der Waals surface area contributed by atoms with Crippen LogP contribution in [0.1, 0.15) is 55.5 Å². The van der Waals surface area contributed by atoms with E-state index in [0.717, 1.165) is 24.3 Å². The van der Waals surface area contributed by atoms with Crippen LogP contribution in [0.2, 0.25) is 10.0 Å². The molecule has 2 aromatic heterocycles. The van der Waals surface area contributed by atoms with E-state index in [-0.39, 0.29) is 52.8 Å². The Morgan fingerprint density at radius 2 is 1.83 bits per heavy atom. The summed E-state index contributed by atoms with van der Waals surface area (Å²) in [5, 5.41) is 9.60. The van der Waals surface area contributed by atoms with Crippen molar-refractivity contribution in [3.63, 3.8) is 0 Å². The van der Waals surface area contributed by atoms with Crippen LogP contribution in [0, 0.1) is 11.8 Å². The minimum Gasteiger partial charge on any atom is -0.495 e. The van der Waals surface area contributed by atoms with E-state index in [1.807, 2.05) is 5.38 Å². The third kappa shape index (κ3) is 6.47. The molecule has 1 unspecified atom stereocenters. The number of anilines is 3. The number of carbonyl (C=O) groups is 2. The lowest BCUT2D eigenvalue weighted by molar-refractivity contribution is -0.117. The van der Waals surface area contributed by atoms with Crippen molar-refractivity contribution in [2.45, 2.75) is 70.1 Å². The van der Waals surface area contributed by atoms with Gasteiger partial charge in [-0.05, 0) is 37.2 Å². The molecule has 0 saturated heterocycles. The number of amides is 3. The van der Waals surface area contributed by atoms with Crippen molar-refractivity contribution in [1.29, 1.82) is 0 Å². The number of thiazole rings is 1. The van der Waals surface area contributed by atoms with Gasteiger partial charge >= 0.3 is 6.03 Å². The zero-order valence-corrected chi connectivity index (χ0v) is 28.1. The molecule has 2 saturated carbocycles. The normalized spacial score (nSPS) is 21.6. The number of urea groups is 1. The summed E-state index contributed by atoms with van der Waals surface area (Å²) in [4.78, 5) is 43.7. The number of rotatable bonds is 10. The van der Waals surface area contributed by atoms with Gasteiger partial charge in [0.05, 0.1) is 33.0 Å². The van der Waals surface area contributed by atoms with Gasteiger partial charge in [0, 0.05) is 41.5 Å². The number of halogens is 2. The summed E-state index contributed by atoms with van der Waals surface area (Å²) in [5.41, 5.74) is 0.960. The van der Waals surface area contributed by atoms with Crippen LogP contribution in [-0.2, 0) is 17.9 Å². The van der Waals surface area contributed by atoms with Gasteiger partial charge in [-0.1, -0.05) is 55.5 Å². The molecule has 3 heterocycles. The number of hydrogen-bond donors (Lipinski definition) is 2. The third-order valence-electron chi connectivity index (χ3n) is 9.27. The first kappa shape index (κ1) is 32.3. The Bertz CT molecular complexity index is 1570. The number of nitrogens with zero attached hydrogens (tertiary/aromatic N) is 5. The summed E-state index contributed by atoms with van der Waals surface area (Å²) in [6.07, 6.45) is 12.6. The van der Waals surface area contributed by atoms with Crippen LogP contribution >= 0.6 is 34.5 Å². The molecular weight excluding hydrogens is 649 g/mol. The van der Waals surface area contributed by atoms with Crippen LogP contribution in [0.5, 0.6) is 11.5 Å². The second kappa shape index (κ2) is 14.0. The molecule has 2 fully saturated rings. The van der Waals surface area contributed by atoms with Crippen molar-refractivity contribution in [2.75, 3.05) is 29.3 Å². The SMILES string of the molecule is C=CC(=O)N[C@H]1CCC(C2CCCC2)C[C@H]1Nc1ncc2c(n1)N(Cc1nccs1)C(=O)N(c1c(Cl)c(OC)cc(OC)c1Cl)C2. The summed E-state index contributed by atoms with van der Waals surface area (Å²) >= 11 is 14.9. The average Bonchev–Trinajstić information content (AvgIpc) is 3.79. The van der Waals surface area contributed by atoms with Crippen LogP contribution in [0.4, 0.5) is 22.2 Å². The van der Waals surface area contributed by atoms with Crippen LogP contribution in [0.15, 0.2) is 36.5 Å². The maximum atomic E-state index is 14.3. The van der Waals surface area contributed by atoms with Crippen molar-refractivity contribution in [1.82, 2.24) is 20.3 Å². The van der Waals surface area contributed by atoms with Gasteiger partial charge < -0.3 is 20.1 Å². The Kier molecular flexibility index (Phi) is 9.86. The fourth-order valence-corrected chi connectivity index (χ4v) is 8.29. The zero-order chi connectivity index (χ0) is 32.4. The number of benzene rings is 1. The number of ether oxygens (including phenoxy) is 2. The van der Waals surface area contributed by atoms with Gasteiger partial charge in [-0.15, -0.1) is 11.3 Å². The Labute approximate surface area is 282 Å². The Balaban J connectivity index is 1.34. The number of methoxy groups -OCH3 is 2. The molecule has 6 rings (SSSR count). The maximum absolute atomic E-state index is 14.3. The monoisotopic (exact) mass is 685 g/mol. The van der Waals surface area contributed by atoms with E-state index in [0.29, 0.717) is 40.7 Å². The number of carbonyl (C=O) groups excluding carboxylic acids is 2. The molecule has 14 heteroatoms. The molecule has 3 atom stereocenters. The summed E-state index contributed by atoms with van der Waals surface area (Å²) in [6, 6.07) is 1.02. The van der Waals surface area contributed by atoms with Crippen molar-refractivity contribution >= 4 is 63.9 Å². The first-order valence-corrected chi connectivity index (χ1v) is 17.1. The van der Waals surface area contributed by atoms with Crippen molar-refractivity contribution in [2.24, 2.45) is 11.8 Å². The lowest BCUT2D eigenvalue weighted by Gasteiger charge is -2.39. The number of nitrogens with one attached hydrogen (secondary N) is 2. The highest BCUT2D eigenvalue weighted by Crippen LogP contribution is 2.48. The first-order chi connectivity index (χ1) is 22.3. The van der Waals surface area contributed by atoms with Gasteiger partial charge in [0.2, 0.25) is 11.9 Å². The predicted octanol–water partition coefficient (Wildman–Crippen LogP) is 6.85. The zero-order valence-electron chi connectivity index (χ0n) is 25.8. The summed E-state index contributed by atoms with van der Waals surface area (Å²) in [6.45, 7) is 3.93. The molecule has 2 N–H and O–H groups in total. The summed E-state index contributed by atoms with van der Waals surface area (Å²) < 4.78 is 10.9. The first-order valence-electron chi connectivity index (χ1n) is 15.4. The summed E-state index contributed by atoms with van der Waals surface area (Å²) in [7, 11) is 2.97. The fraction of sp³-hybridized carbons (Fsp3) is 0.469. The van der Waals surface area contributed by atoms with E-state index in [4.69, 9.17) is 42.6 Å². The molecule has 11 nitrogen and oxygen atoms in total. The van der Waals surface area contributed by atoms with Crippen molar-refractivity contribution in [3.8, 4) is 11.5 Å². The Morgan fingerprint density at radius 3 is 2.48 bits per heavy atom. The lowest BCUT2D eigenvalue weighted by Crippen LogP contribution is -2.51. The molecule has 46 heavy (non-hydrogen) atoms. The van der Waals surface area contributed by atoms with Gasteiger partial charge in [-0.3, -0.25) is 14.6 Å². The van der Waals surface area contributed by atoms with Crippen molar-refractivity contribution < 1.29 is 19.1 Å². The molecule has 0 radical (unpaired) electrons. The lowest BCUT2D eigenvalue weighted by atomic mass is 9.75. The minimum atomic E-state index is -0.387. The van der Waals surface area contributed by atoms with E-state index < -0.39 is 0 Å². The van der Waals surface area contributed by atoms with Crippen LogP contribution in [-0.4, -0.2) is 53.2 Å². The average molecular weight is 687 g/mol. The van der Waals surface area contributed by atoms with E-state index >= 15 is 0 Å². The molecule has 0 spiro atoms. The molecular formula is C32H37Cl2N7O4S. The highest BCUT2D eigenvalue weighted by molar-refractivity contribution is 7.09.